The van der Waals surface area contributed by atoms with Crippen molar-refractivity contribution in [3.05, 3.63) is 101 Å². The van der Waals surface area contributed by atoms with Crippen molar-refractivity contribution in [1.29, 1.82) is 0 Å². The highest BCUT2D eigenvalue weighted by molar-refractivity contribution is 7.94. The minimum atomic E-state index is -3.61. The topological polar surface area (TPSA) is 97.4 Å². The Labute approximate surface area is 200 Å². The molecule has 174 valence electrons. The SMILES string of the molecule is O=C(Cc1ccc(NS(=O)(=O)c2cccs2)cc1)NCc1ccnc(Oc2ccc(F)cc2)c1. The van der Waals surface area contributed by atoms with Gasteiger partial charge in [-0.25, -0.2) is 17.8 Å². The number of ether oxygens (including phenoxy) is 1. The van der Waals surface area contributed by atoms with Gasteiger partial charge in [0.05, 0.1) is 6.42 Å². The highest BCUT2D eigenvalue weighted by Gasteiger charge is 2.15. The molecule has 7 nitrogen and oxygen atoms in total. The van der Waals surface area contributed by atoms with E-state index in [1.807, 2.05) is 0 Å². The summed E-state index contributed by atoms with van der Waals surface area (Å²) in [5.41, 5.74) is 1.95. The van der Waals surface area contributed by atoms with Gasteiger partial charge in [0.25, 0.3) is 10.0 Å². The lowest BCUT2D eigenvalue weighted by Gasteiger charge is -2.09. The molecular weight excluding hydrogens is 477 g/mol. The van der Waals surface area contributed by atoms with Crippen molar-refractivity contribution in [3.63, 3.8) is 0 Å². The maximum atomic E-state index is 13.0. The Morgan fingerprint density at radius 2 is 1.76 bits per heavy atom. The molecule has 0 bridgehead atoms. The Balaban J connectivity index is 1.29. The van der Waals surface area contributed by atoms with Crippen molar-refractivity contribution in [3.8, 4) is 11.6 Å². The molecule has 0 spiro atoms. The maximum Gasteiger partial charge on any atom is 0.271 e. The van der Waals surface area contributed by atoms with Gasteiger partial charge in [-0.15, -0.1) is 11.3 Å². The van der Waals surface area contributed by atoms with Crippen LogP contribution in [0.1, 0.15) is 11.1 Å². The van der Waals surface area contributed by atoms with E-state index in [-0.39, 0.29) is 28.9 Å². The Kier molecular flexibility index (Phi) is 7.19. The number of halogens is 1. The summed E-state index contributed by atoms with van der Waals surface area (Å²) >= 11 is 1.14. The van der Waals surface area contributed by atoms with Crippen molar-refractivity contribution in [2.24, 2.45) is 0 Å². The van der Waals surface area contributed by atoms with Gasteiger partial charge in [-0.3, -0.25) is 9.52 Å². The largest absolute Gasteiger partial charge is 0.439 e. The van der Waals surface area contributed by atoms with Crippen LogP contribution in [0.25, 0.3) is 0 Å². The number of nitrogens with one attached hydrogen (secondary N) is 2. The second-order valence-electron chi connectivity index (χ2n) is 7.25. The van der Waals surface area contributed by atoms with Crippen molar-refractivity contribution in [1.82, 2.24) is 10.3 Å². The number of carbonyl (C=O) groups is 1. The van der Waals surface area contributed by atoms with Crippen molar-refractivity contribution < 1.29 is 22.3 Å². The van der Waals surface area contributed by atoms with Crippen LogP contribution in [0.4, 0.5) is 10.1 Å². The summed E-state index contributed by atoms with van der Waals surface area (Å²) in [6.07, 6.45) is 1.71. The first-order valence-electron chi connectivity index (χ1n) is 10.2. The summed E-state index contributed by atoms with van der Waals surface area (Å²) in [4.78, 5) is 16.5. The van der Waals surface area contributed by atoms with Crippen LogP contribution >= 0.6 is 11.3 Å². The molecule has 0 atom stereocenters. The van der Waals surface area contributed by atoms with Gasteiger partial charge < -0.3 is 10.1 Å². The molecule has 2 aromatic carbocycles. The number of amides is 1. The molecule has 4 rings (SSSR count). The molecule has 0 unspecified atom stereocenters. The van der Waals surface area contributed by atoms with Gasteiger partial charge in [0.1, 0.15) is 15.8 Å². The molecule has 0 aliphatic heterocycles. The Bertz CT molecular complexity index is 1360. The second kappa shape index (κ2) is 10.4. The fraction of sp³-hybridized carbons (Fsp3) is 0.0833. The Morgan fingerprint density at radius 1 is 1.00 bits per heavy atom. The van der Waals surface area contributed by atoms with Crippen LogP contribution in [0.3, 0.4) is 0 Å². The molecule has 0 saturated carbocycles. The molecule has 0 saturated heterocycles. The molecule has 0 fully saturated rings. The van der Waals surface area contributed by atoms with Crippen LogP contribution in [0.2, 0.25) is 0 Å². The first-order chi connectivity index (χ1) is 16.4. The number of pyridine rings is 1. The summed E-state index contributed by atoms with van der Waals surface area (Å²) in [5, 5.41) is 4.53. The maximum absolute atomic E-state index is 13.0. The van der Waals surface area contributed by atoms with Gasteiger partial charge in [0.15, 0.2) is 0 Å². The fourth-order valence-electron chi connectivity index (χ4n) is 3.00. The van der Waals surface area contributed by atoms with Gasteiger partial charge in [-0.05, 0) is 65.0 Å². The van der Waals surface area contributed by atoms with Gasteiger partial charge in [-0.2, -0.15) is 0 Å². The number of rotatable bonds is 9. The number of hydrogen-bond acceptors (Lipinski definition) is 6. The highest BCUT2D eigenvalue weighted by atomic mass is 32.2. The average molecular weight is 498 g/mol. The van der Waals surface area contributed by atoms with E-state index in [0.717, 1.165) is 22.5 Å². The summed E-state index contributed by atoms with van der Waals surface area (Å²) < 4.78 is 46.0. The van der Waals surface area contributed by atoms with Crippen molar-refractivity contribution in [2.75, 3.05) is 4.72 Å². The Hall–Kier alpha value is -3.76. The molecule has 2 heterocycles. The summed E-state index contributed by atoms with van der Waals surface area (Å²) in [5.74, 6) is 0.242. The number of anilines is 1. The lowest BCUT2D eigenvalue weighted by Crippen LogP contribution is -2.24. The quantitative estimate of drug-likeness (QED) is 0.348. The zero-order valence-corrected chi connectivity index (χ0v) is 19.4. The van der Waals surface area contributed by atoms with E-state index in [9.17, 15) is 17.6 Å². The molecule has 10 heteroatoms. The first kappa shape index (κ1) is 23.4. The zero-order valence-electron chi connectivity index (χ0n) is 17.8. The van der Waals surface area contributed by atoms with Crippen LogP contribution in [0.15, 0.2) is 88.6 Å². The summed E-state index contributed by atoms with van der Waals surface area (Å²) in [6, 6.07) is 18.9. The number of hydrogen-bond donors (Lipinski definition) is 2. The molecule has 0 aliphatic carbocycles. The summed E-state index contributed by atoms with van der Waals surface area (Å²) in [6.45, 7) is 0.278. The highest BCUT2D eigenvalue weighted by Crippen LogP contribution is 2.21. The molecule has 0 radical (unpaired) electrons. The molecule has 2 aromatic heterocycles. The van der Waals surface area contributed by atoms with Gasteiger partial charge in [0, 0.05) is 24.5 Å². The molecule has 0 aliphatic rings. The molecule has 4 aromatic rings. The third-order valence-corrected chi connectivity index (χ3v) is 7.43. The lowest BCUT2D eigenvalue weighted by molar-refractivity contribution is -0.120. The minimum absolute atomic E-state index is 0.141. The van der Waals surface area contributed by atoms with E-state index in [0.29, 0.717) is 17.3 Å². The zero-order chi connectivity index (χ0) is 24.0. The molecular formula is C24H20FN3O4S2. The van der Waals surface area contributed by atoms with E-state index in [1.165, 1.54) is 30.3 Å². The van der Waals surface area contributed by atoms with Crippen LogP contribution in [-0.2, 0) is 27.8 Å². The fourth-order valence-corrected chi connectivity index (χ4v) is 5.05. The standard InChI is InChI=1S/C24H20FN3O4S2/c25-19-5-9-21(10-6-19)32-23-15-18(11-12-26-23)16-27-22(29)14-17-3-7-20(8-4-17)28-34(30,31)24-2-1-13-33-24/h1-13,15,28H,14,16H2,(H,27,29). The number of thiophene rings is 1. The van der Waals surface area contributed by atoms with E-state index in [4.69, 9.17) is 4.74 Å². The normalized spacial score (nSPS) is 11.1. The van der Waals surface area contributed by atoms with Gasteiger partial charge >= 0.3 is 0 Å². The second-order valence-corrected chi connectivity index (χ2v) is 10.1. The third-order valence-electron chi connectivity index (χ3n) is 4.66. The van der Waals surface area contributed by atoms with Crippen LogP contribution in [0, 0.1) is 5.82 Å². The third kappa shape index (κ3) is 6.40. The van der Waals surface area contributed by atoms with Crippen molar-refractivity contribution in [2.45, 2.75) is 17.2 Å². The van der Waals surface area contributed by atoms with Crippen LogP contribution in [0.5, 0.6) is 11.6 Å². The first-order valence-corrected chi connectivity index (χ1v) is 12.5. The number of carbonyl (C=O) groups excluding carboxylic acids is 1. The average Bonchev–Trinajstić information content (AvgIpc) is 3.37. The van der Waals surface area contributed by atoms with E-state index >= 15 is 0 Å². The van der Waals surface area contributed by atoms with Gasteiger partial charge in [-0.1, -0.05) is 18.2 Å². The predicted octanol–water partition coefficient (Wildman–Crippen LogP) is 4.73. The number of sulfonamides is 1. The van der Waals surface area contributed by atoms with E-state index in [1.54, 1.807) is 54.0 Å². The van der Waals surface area contributed by atoms with Crippen LogP contribution in [-0.4, -0.2) is 19.3 Å². The van der Waals surface area contributed by atoms with E-state index in [2.05, 4.69) is 15.0 Å². The molecule has 34 heavy (non-hydrogen) atoms. The number of nitrogens with zero attached hydrogens (tertiary/aromatic N) is 1. The minimum Gasteiger partial charge on any atom is -0.439 e. The molecule has 2 N–H and O–H groups in total. The predicted molar refractivity (Wildman–Crippen MR) is 128 cm³/mol. The molecule has 1 amide bonds. The number of benzene rings is 2. The lowest BCUT2D eigenvalue weighted by atomic mass is 10.1. The summed E-state index contributed by atoms with van der Waals surface area (Å²) in [7, 11) is -3.61. The monoisotopic (exact) mass is 497 g/mol. The van der Waals surface area contributed by atoms with Crippen molar-refractivity contribution >= 4 is 33.0 Å². The smallest absolute Gasteiger partial charge is 0.271 e. The van der Waals surface area contributed by atoms with E-state index < -0.39 is 10.0 Å². The van der Waals surface area contributed by atoms with Crippen LogP contribution < -0.4 is 14.8 Å². The van der Waals surface area contributed by atoms with Gasteiger partial charge in [0.2, 0.25) is 11.8 Å². The number of aromatic nitrogens is 1. The Morgan fingerprint density at radius 3 is 2.47 bits per heavy atom.